The van der Waals surface area contributed by atoms with Crippen LogP contribution in [0, 0.1) is 11.3 Å². The van der Waals surface area contributed by atoms with E-state index in [9.17, 15) is 4.79 Å². The molecule has 0 spiro atoms. The van der Waals surface area contributed by atoms with Crippen molar-refractivity contribution in [3.8, 4) is 11.8 Å². The molecule has 4 nitrogen and oxygen atoms in total. The fraction of sp³-hybridized carbons (Fsp3) is 0.273. The Morgan fingerprint density at radius 3 is 2.73 bits per heavy atom. The molecule has 0 heterocycles. The highest BCUT2D eigenvalue weighted by molar-refractivity contribution is 6.02. The van der Waals surface area contributed by atoms with Gasteiger partial charge in [0, 0.05) is 5.69 Å². The highest BCUT2D eigenvalue weighted by atomic mass is 16.5. The van der Waals surface area contributed by atoms with E-state index in [2.05, 4.69) is 0 Å². The fourth-order valence-electron chi connectivity index (χ4n) is 1.35. The quantitative estimate of drug-likeness (QED) is 0.601. The second kappa shape index (κ2) is 4.47. The SMILES string of the molecule is CCOc1cc(C#N)cc(N)c1C(C)=O. The van der Waals surface area contributed by atoms with Crippen molar-refractivity contribution in [3.63, 3.8) is 0 Å². The lowest BCUT2D eigenvalue weighted by Gasteiger charge is -2.10. The van der Waals surface area contributed by atoms with E-state index in [-0.39, 0.29) is 11.5 Å². The summed E-state index contributed by atoms with van der Waals surface area (Å²) in [7, 11) is 0. The number of nitrogens with two attached hydrogens (primary N) is 1. The average Bonchev–Trinajstić information content (AvgIpc) is 2.16. The van der Waals surface area contributed by atoms with Crippen LogP contribution >= 0.6 is 0 Å². The second-order valence-electron chi connectivity index (χ2n) is 3.04. The number of rotatable bonds is 3. The predicted octanol–water partition coefficient (Wildman–Crippen LogP) is 1.74. The van der Waals surface area contributed by atoms with Crippen LogP contribution in [0.5, 0.6) is 5.75 Å². The fourth-order valence-corrected chi connectivity index (χ4v) is 1.35. The zero-order valence-corrected chi connectivity index (χ0v) is 8.70. The Kier molecular flexibility index (Phi) is 3.29. The van der Waals surface area contributed by atoms with Gasteiger partial charge < -0.3 is 10.5 Å². The van der Waals surface area contributed by atoms with Crippen molar-refractivity contribution in [2.45, 2.75) is 13.8 Å². The predicted molar refractivity (Wildman–Crippen MR) is 56.7 cm³/mol. The molecule has 0 aliphatic rings. The van der Waals surface area contributed by atoms with E-state index in [1.54, 1.807) is 6.92 Å². The minimum absolute atomic E-state index is 0.166. The summed E-state index contributed by atoms with van der Waals surface area (Å²) in [5, 5.41) is 8.74. The first-order valence-electron chi connectivity index (χ1n) is 4.57. The topological polar surface area (TPSA) is 76.1 Å². The van der Waals surface area contributed by atoms with Gasteiger partial charge in [-0.1, -0.05) is 0 Å². The number of benzene rings is 1. The molecule has 0 radical (unpaired) electrons. The van der Waals surface area contributed by atoms with E-state index in [4.69, 9.17) is 15.7 Å². The number of Topliss-reactive ketones (excluding diaryl/α,β-unsaturated/α-hetero) is 1. The van der Waals surface area contributed by atoms with Crippen LogP contribution in [0.3, 0.4) is 0 Å². The van der Waals surface area contributed by atoms with Gasteiger partial charge in [-0.05, 0) is 26.0 Å². The monoisotopic (exact) mass is 204 g/mol. The molecule has 0 saturated heterocycles. The molecular formula is C11H12N2O2. The lowest BCUT2D eigenvalue weighted by molar-refractivity contribution is 0.101. The number of nitrogen functional groups attached to an aromatic ring is 1. The van der Waals surface area contributed by atoms with E-state index >= 15 is 0 Å². The number of anilines is 1. The van der Waals surface area contributed by atoms with Crippen molar-refractivity contribution >= 4 is 11.5 Å². The summed E-state index contributed by atoms with van der Waals surface area (Å²) in [6.45, 7) is 3.65. The molecular weight excluding hydrogens is 192 g/mol. The summed E-state index contributed by atoms with van der Waals surface area (Å²) in [5.41, 5.74) is 6.69. The number of carbonyl (C=O) groups excluding carboxylic acids is 1. The standard InChI is InChI=1S/C11H12N2O2/c1-3-15-10-5-8(6-12)4-9(13)11(10)7(2)14/h4-5H,3,13H2,1-2H3. The van der Waals surface area contributed by atoms with Crippen LogP contribution in [0.4, 0.5) is 5.69 Å². The van der Waals surface area contributed by atoms with E-state index < -0.39 is 0 Å². The van der Waals surface area contributed by atoms with Crippen molar-refractivity contribution in [2.24, 2.45) is 0 Å². The zero-order chi connectivity index (χ0) is 11.4. The van der Waals surface area contributed by atoms with Gasteiger partial charge in [-0.15, -0.1) is 0 Å². The summed E-state index contributed by atoms with van der Waals surface area (Å²) < 4.78 is 5.27. The van der Waals surface area contributed by atoms with E-state index in [0.717, 1.165) is 0 Å². The smallest absolute Gasteiger partial charge is 0.165 e. The van der Waals surface area contributed by atoms with Crippen LogP contribution in [-0.4, -0.2) is 12.4 Å². The Morgan fingerprint density at radius 2 is 2.27 bits per heavy atom. The van der Waals surface area contributed by atoms with Crippen molar-refractivity contribution in [1.29, 1.82) is 5.26 Å². The van der Waals surface area contributed by atoms with Crippen LogP contribution in [0.15, 0.2) is 12.1 Å². The number of hydrogen-bond donors (Lipinski definition) is 1. The molecule has 0 saturated carbocycles. The second-order valence-corrected chi connectivity index (χ2v) is 3.04. The number of ketones is 1. The minimum Gasteiger partial charge on any atom is -0.493 e. The largest absolute Gasteiger partial charge is 0.493 e. The lowest BCUT2D eigenvalue weighted by atomic mass is 10.1. The van der Waals surface area contributed by atoms with E-state index in [1.807, 2.05) is 6.07 Å². The van der Waals surface area contributed by atoms with Crippen molar-refractivity contribution < 1.29 is 9.53 Å². The number of hydrogen-bond acceptors (Lipinski definition) is 4. The van der Waals surface area contributed by atoms with E-state index in [0.29, 0.717) is 23.5 Å². The Bertz CT molecular complexity index is 433. The molecule has 0 bridgehead atoms. The highest BCUT2D eigenvalue weighted by Gasteiger charge is 2.13. The van der Waals surface area contributed by atoms with Crippen molar-refractivity contribution in [2.75, 3.05) is 12.3 Å². The molecule has 0 fully saturated rings. The molecule has 4 heteroatoms. The van der Waals surface area contributed by atoms with Gasteiger partial charge in [0.15, 0.2) is 5.78 Å². The van der Waals surface area contributed by atoms with Gasteiger partial charge >= 0.3 is 0 Å². The van der Waals surface area contributed by atoms with Gasteiger partial charge in [-0.2, -0.15) is 5.26 Å². The Morgan fingerprint density at radius 1 is 1.60 bits per heavy atom. The normalized spacial score (nSPS) is 9.40. The molecule has 0 aromatic heterocycles. The first-order valence-corrected chi connectivity index (χ1v) is 4.57. The third-order valence-electron chi connectivity index (χ3n) is 1.91. The zero-order valence-electron chi connectivity index (χ0n) is 8.70. The number of nitriles is 1. The molecule has 0 amide bonds. The Hall–Kier alpha value is -2.02. The van der Waals surface area contributed by atoms with Crippen molar-refractivity contribution in [3.05, 3.63) is 23.3 Å². The lowest BCUT2D eigenvalue weighted by Crippen LogP contribution is -2.05. The van der Waals surface area contributed by atoms with Crippen LogP contribution < -0.4 is 10.5 Å². The molecule has 1 rings (SSSR count). The summed E-state index contributed by atoms with van der Waals surface area (Å²) in [6.07, 6.45) is 0. The van der Waals surface area contributed by atoms with Gasteiger partial charge in [0.05, 0.1) is 23.8 Å². The average molecular weight is 204 g/mol. The van der Waals surface area contributed by atoms with Gasteiger partial charge in [-0.25, -0.2) is 0 Å². The highest BCUT2D eigenvalue weighted by Crippen LogP contribution is 2.27. The molecule has 2 N–H and O–H groups in total. The van der Waals surface area contributed by atoms with Crippen molar-refractivity contribution in [1.82, 2.24) is 0 Å². The third-order valence-corrected chi connectivity index (χ3v) is 1.91. The van der Waals surface area contributed by atoms with Crippen LogP contribution in [0.2, 0.25) is 0 Å². The number of carbonyl (C=O) groups is 1. The Labute approximate surface area is 88.3 Å². The maximum atomic E-state index is 11.3. The maximum absolute atomic E-state index is 11.3. The first-order chi connectivity index (χ1) is 7.10. The summed E-state index contributed by atoms with van der Waals surface area (Å²) >= 11 is 0. The maximum Gasteiger partial charge on any atom is 0.165 e. The molecule has 15 heavy (non-hydrogen) atoms. The number of nitrogens with zero attached hydrogens (tertiary/aromatic N) is 1. The van der Waals surface area contributed by atoms with Crippen LogP contribution in [0.1, 0.15) is 29.8 Å². The van der Waals surface area contributed by atoms with Gasteiger partial charge in [0.25, 0.3) is 0 Å². The molecule has 0 aliphatic carbocycles. The minimum atomic E-state index is -0.166. The summed E-state index contributed by atoms with van der Waals surface area (Å²) in [5.74, 6) is 0.210. The third kappa shape index (κ3) is 2.26. The van der Waals surface area contributed by atoms with Gasteiger partial charge in [0.2, 0.25) is 0 Å². The first kappa shape index (κ1) is 11.1. The summed E-state index contributed by atoms with van der Waals surface area (Å²) in [6, 6.07) is 4.96. The molecule has 0 unspecified atom stereocenters. The van der Waals surface area contributed by atoms with Gasteiger partial charge in [-0.3, -0.25) is 4.79 Å². The molecule has 0 aliphatic heterocycles. The summed E-state index contributed by atoms with van der Waals surface area (Å²) in [4.78, 5) is 11.3. The van der Waals surface area contributed by atoms with E-state index in [1.165, 1.54) is 19.1 Å². The molecule has 78 valence electrons. The van der Waals surface area contributed by atoms with Crippen LogP contribution in [0.25, 0.3) is 0 Å². The molecule has 1 aromatic rings. The molecule has 1 aromatic carbocycles. The van der Waals surface area contributed by atoms with Gasteiger partial charge in [0.1, 0.15) is 5.75 Å². The number of ether oxygens (including phenoxy) is 1. The Balaban J connectivity index is 3.36. The molecule has 0 atom stereocenters. The van der Waals surface area contributed by atoms with Crippen LogP contribution in [-0.2, 0) is 0 Å².